The summed E-state index contributed by atoms with van der Waals surface area (Å²) >= 11 is 0. The first-order valence-corrected chi connectivity index (χ1v) is 6.70. The highest BCUT2D eigenvalue weighted by molar-refractivity contribution is 5.95. The van der Waals surface area contributed by atoms with Gasteiger partial charge in [0, 0.05) is 19.0 Å². The van der Waals surface area contributed by atoms with E-state index < -0.39 is 5.82 Å². The first kappa shape index (κ1) is 15.0. The average molecular weight is 282 g/mol. The molecule has 0 spiro atoms. The number of ketones is 1. The number of Topliss-reactive ketones (excluding diaryl/α,β-unsaturated/α-hetero) is 1. The van der Waals surface area contributed by atoms with E-state index in [-0.39, 0.29) is 30.0 Å². The van der Waals surface area contributed by atoms with Gasteiger partial charge in [-0.3, -0.25) is 14.7 Å². The lowest BCUT2D eigenvalue weighted by Gasteiger charge is -2.35. The van der Waals surface area contributed by atoms with Gasteiger partial charge in [-0.2, -0.15) is 0 Å². The number of hydrogen-bond donors (Lipinski definition) is 1. The van der Waals surface area contributed by atoms with Crippen molar-refractivity contribution >= 4 is 5.78 Å². The third-order valence-electron chi connectivity index (χ3n) is 3.50. The van der Waals surface area contributed by atoms with Crippen LogP contribution in [0, 0.1) is 11.7 Å². The van der Waals surface area contributed by atoms with Gasteiger partial charge >= 0.3 is 0 Å². The number of carbonyl (C=O) groups is 1. The second kappa shape index (κ2) is 6.88. The Hall–Kier alpha value is -1.37. The third kappa shape index (κ3) is 3.59. The molecule has 0 saturated carbocycles. The summed E-state index contributed by atoms with van der Waals surface area (Å²) in [6, 6.07) is 2.56. The number of morpholine rings is 1. The molecule has 20 heavy (non-hydrogen) atoms. The van der Waals surface area contributed by atoms with Crippen LogP contribution >= 0.6 is 0 Å². The standard InChI is InChI=1S/C14H19FN2O3/c1-10(7-17-4-5-20-9-12(17)8-18)14(19)13-3-2-11(15)6-16-13/h2-3,6,10,12,18H,4-5,7-9H2,1H3. The zero-order chi connectivity index (χ0) is 14.5. The van der Waals surface area contributed by atoms with Crippen LogP contribution in [0.15, 0.2) is 18.3 Å². The van der Waals surface area contributed by atoms with Gasteiger partial charge in [-0.15, -0.1) is 0 Å². The summed E-state index contributed by atoms with van der Waals surface area (Å²) in [7, 11) is 0. The molecular formula is C14H19FN2O3. The van der Waals surface area contributed by atoms with Gasteiger partial charge in [0.05, 0.1) is 32.1 Å². The Morgan fingerprint density at radius 3 is 3.10 bits per heavy atom. The van der Waals surface area contributed by atoms with Gasteiger partial charge in [0.2, 0.25) is 0 Å². The Labute approximate surface area is 117 Å². The highest BCUT2D eigenvalue weighted by Crippen LogP contribution is 2.13. The molecule has 1 aromatic rings. The van der Waals surface area contributed by atoms with E-state index in [2.05, 4.69) is 9.88 Å². The van der Waals surface area contributed by atoms with Gasteiger partial charge in [0.1, 0.15) is 11.5 Å². The van der Waals surface area contributed by atoms with Crippen LogP contribution in [0.2, 0.25) is 0 Å². The third-order valence-corrected chi connectivity index (χ3v) is 3.50. The van der Waals surface area contributed by atoms with Gasteiger partial charge in [0.15, 0.2) is 5.78 Å². The lowest BCUT2D eigenvalue weighted by Crippen LogP contribution is -2.49. The van der Waals surface area contributed by atoms with E-state index in [9.17, 15) is 14.3 Å². The number of aromatic nitrogens is 1. The van der Waals surface area contributed by atoms with Crippen LogP contribution in [0.4, 0.5) is 4.39 Å². The van der Waals surface area contributed by atoms with E-state index in [4.69, 9.17) is 4.74 Å². The molecule has 1 saturated heterocycles. The van der Waals surface area contributed by atoms with Crippen LogP contribution in [-0.2, 0) is 4.74 Å². The van der Waals surface area contributed by atoms with Crippen molar-refractivity contribution < 1.29 is 19.0 Å². The van der Waals surface area contributed by atoms with Crippen molar-refractivity contribution in [1.82, 2.24) is 9.88 Å². The monoisotopic (exact) mass is 282 g/mol. The fourth-order valence-corrected chi connectivity index (χ4v) is 2.31. The molecule has 6 heteroatoms. The van der Waals surface area contributed by atoms with Gasteiger partial charge < -0.3 is 9.84 Å². The molecule has 1 aliphatic heterocycles. The van der Waals surface area contributed by atoms with Crippen molar-refractivity contribution in [3.8, 4) is 0 Å². The number of ether oxygens (including phenoxy) is 1. The van der Waals surface area contributed by atoms with E-state index in [1.54, 1.807) is 0 Å². The number of aliphatic hydroxyl groups is 1. The molecule has 0 amide bonds. The van der Waals surface area contributed by atoms with Crippen LogP contribution in [0.25, 0.3) is 0 Å². The highest BCUT2D eigenvalue weighted by Gasteiger charge is 2.26. The van der Waals surface area contributed by atoms with E-state index in [1.165, 1.54) is 12.1 Å². The molecule has 2 atom stereocenters. The SMILES string of the molecule is CC(CN1CCOCC1CO)C(=O)c1ccc(F)cn1. The number of pyridine rings is 1. The summed E-state index contributed by atoms with van der Waals surface area (Å²) in [5.41, 5.74) is 0.271. The van der Waals surface area contributed by atoms with Crippen LogP contribution in [0.3, 0.4) is 0 Å². The zero-order valence-corrected chi connectivity index (χ0v) is 11.5. The molecule has 0 radical (unpaired) electrons. The first-order valence-electron chi connectivity index (χ1n) is 6.70. The average Bonchev–Trinajstić information content (AvgIpc) is 2.48. The fraction of sp³-hybridized carbons (Fsp3) is 0.571. The molecule has 110 valence electrons. The maximum Gasteiger partial charge on any atom is 0.185 e. The van der Waals surface area contributed by atoms with E-state index in [0.29, 0.717) is 26.3 Å². The van der Waals surface area contributed by atoms with Gasteiger partial charge in [0.25, 0.3) is 0 Å². The second-order valence-electron chi connectivity index (χ2n) is 5.03. The Morgan fingerprint density at radius 1 is 1.65 bits per heavy atom. The number of hydrogen-bond acceptors (Lipinski definition) is 5. The van der Waals surface area contributed by atoms with Gasteiger partial charge in [-0.05, 0) is 12.1 Å². The van der Waals surface area contributed by atoms with Crippen molar-refractivity contribution in [2.75, 3.05) is 32.9 Å². The van der Waals surface area contributed by atoms with Crippen molar-refractivity contribution in [1.29, 1.82) is 0 Å². The van der Waals surface area contributed by atoms with Crippen LogP contribution < -0.4 is 0 Å². The second-order valence-corrected chi connectivity index (χ2v) is 5.03. The molecule has 1 N–H and O–H groups in total. The number of nitrogens with zero attached hydrogens (tertiary/aromatic N) is 2. The van der Waals surface area contributed by atoms with Crippen molar-refractivity contribution in [2.24, 2.45) is 5.92 Å². The maximum absolute atomic E-state index is 12.8. The normalized spacial score (nSPS) is 21.6. The predicted molar refractivity (Wildman–Crippen MR) is 71.0 cm³/mol. The Balaban J connectivity index is 1.98. The fourth-order valence-electron chi connectivity index (χ4n) is 2.31. The summed E-state index contributed by atoms with van der Waals surface area (Å²) in [6.07, 6.45) is 1.05. The molecule has 2 unspecified atom stereocenters. The van der Waals surface area contributed by atoms with Gasteiger partial charge in [-0.25, -0.2) is 4.39 Å². The van der Waals surface area contributed by atoms with E-state index in [0.717, 1.165) is 6.20 Å². The van der Waals surface area contributed by atoms with Crippen molar-refractivity contribution in [2.45, 2.75) is 13.0 Å². The maximum atomic E-state index is 12.8. The smallest absolute Gasteiger partial charge is 0.185 e. The minimum atomic E-state index is -0.456. The van der Waals surface area contributed by atoms with Crippen LogP contribution in [-0.4, -0.2) is 59.7 Å². The molecule has 0 aliphatic carbocycles. The van der Waals surface area contributed by atoms with E-state index in [1.807, 2.05) is 6.92 Å². The minimum Gasteiger partial charge on any atom is -0.395 e. The Morgan fingerprint density at radius 2 is 2.45 bits per heavy atom. The van der Waals surface area contributed by atoms with Crippen molar-refractivity contribution in [3.63, 3.8) is 0 Å². The molecule has 2 rings (SSSR count). The summed E-state index contributed by atoms with van der Waals surface area (Å²) < 4.78 is 18.1. The molecule has 0 aromatic carbocycles. The zero-order valence-electron chi connectivity index (χ0n) is 11.5. The molecule has 1 aliphatic rings. The number of carbonyl (C=O) groups excluding carboxylic acids is 1. The largest absolute Gasteiger partial charge is 0.395 e. The number of aliphatic hydroxyl groups excluding tert-OH is 1. The van der Waals surface area contributed by atoms with Crippen molar-refractivity contribution in [3.05, 3.63) is 29.8 Å². The van der Waals surface area contributed by atoms with Crippen LogP contribution in [0.5, 0.6) is 0 Å². The number of rotatable bonds is 5. The molecular weight excluding hydrogens is 263 g/mol. The first-order chi connectivity index (χ1) is 9.61. The molecule has 0 bridgehead atoms. The van der Waals surface area contributed by atoms with Crippen LogP contribution in [0.1, 0.15) is 17.4 Å². The lowest BCUT2D eigenvalue weighted by molar-refractivity contribution is -0.0313. The summed E-state index contributed by atoms with van der Waals surface area (Å²) in [6.45, 7) is 4.14. The van der Waals surface area contributed by atoms with E-state index >= 15 is 0 Å². The Kier molecular flexibility index (Phi) is 5.17. The summed E-state index contributed by atoms with van der Waals surface area (Å²) in [5.74, 6) is -0.837. The number of halogens is 1. The minimum absolute atomic E-state index is 0.00963. The predicted octanol–water partition coefficient (Wildman–Crippen LogP) is 0.733. The topological polar surface area (TPSA) is 62.7 Å². The van der Waals surface area contributed by atoms with Gasteiger partial charge in [-0.1, -0.05) is 6.92 Å². The lowest BCUT2D eigenvalue weighted by atomic mass is 10.0. The molecule has 1 fully saturated rings. The summed E-state index contributed by atoms with van der Waals surface area (Å²) in [4.78, 5) is 18.1. The molecule has 2 heterocycles. The molecule has 5 nitrogen and oxygen atoms in total. The molecule has 1 aromatic heterocycles. The Bertz CT molecular complexity index is 452. The highest BCUT2D eigenvalue weighted by atomic mass is 19.1. The quantitative estimate of drug-likeness (QED) is 0.807. The summed E-state index contributed by atoms with van der Waals surface area (Å²) in [5, 5.41) is 9.30.